The Morgan fingerprint density at radius 2 is 1.87 bits per heavy atom. The third-order valence-electron chi connectivity index (χ3n) is 3.48. The number of rotatable bonds is 4. The van der Waals surface area contributed by atoms with Crippen LogP contribution >= 0.6 is 0 Å². The summed E-state index contributed by atoms with van der Waals surface area (Å²) in [5, 5.41) is 3.05. The average molecular weight is 311 g/mol. The number of aromatic nitrogens is 2. The first-order valence-electron chi connectivity index (χ1n) is 7.09. The van der Waals surface area contributed by atoms with Crippen LogP contribution in [0.1, 0.15) is 5.56 Å². The summed E-state index contributed by atoms with van der Waals surface area (Å²) in [6, 6.07) is 13.1. The van der Waals surface area contributed by atoms with Gasteiger partial charge in [-0.2, -0.15) is 0 Å². The first-order chi connectivity index (χ1) is 11.1. The van der Waals surface area contributed by atoms with Gasteiger partial charge < -0.3 is 5.32 Å². The van der Waals surface area contributed by atoms with Gasteiger partial charge in [-0.3, -0.25) is 14.2 Å². The Hall–Kier alpha value is -3.02. The number of nitrogens with zero attached hydrogens (tertiary/aromatic N) is 2. The van der Waals surface area contributed by atoms with Crippen molar-refractivity contribution in [3.63, 3.8) is 0 Å². The molecule has 0 aliphatic rings. The predicted molar refractivity (Wildman–Crippen MR) is 84.2 cm³/mol. The van der Waals surface area contributed by atoms with Crippen LogP contribution in [0.15, 0.2) is 59.7 Å². The Labute approximate surface area is 131 Å². The van der Waals surface area contributed by atoms with Crippen molar-refractivity contribution in [2.24, 2.45) is 0 Å². The fraction of sp³-hybridized carbons (Fsp3) is 0.118. The molecule has 0 atom stereocenters. The number of benzene rings is 2. The fourth-order valence-electron chi connectivity index (χ4n) is 2.26. The van der Waals surface area contributed by atoms with Gasteiger partial charge in [0.2, 0.25) is 5.91 Å². The van der Waals surface area contributed by atoms with Crippen LogP contribution in [0.5, 0.6) is 0 Å². The van der Waals surface area contributed by atoms with E-state index in [4.69, 9.17) is 0 Å². The predicted octanol–water partition coefficient (Wildman–Crippen LogP) is 1.85. The molecule has 0 aliphatic carbocycles. The zero-order valence-electron chi connectivity index (χ0n) is 12.2. The van der Waals surface area contributed by atoms with E-state index in [0.29, 0.717) is 16.5 Å². The van der Waals surface area contributed by atoms with Crippen molar-refractivity contribution in [2.75, 3.05) is 0 Å². The summed E-state index contributed by atoms with van der Waals surface area (Å²) in [6.07, 6.45) is 1.34. The molecule has 1 amide bonds. The van der Waals surface area contributed by atoms with Crippen LogP contribution in [-0.4, -0.2) is 15.5 Å². The number of para-hydroxylation sites is 1. The van der Waals surface area contributed by atoms with Gasteiger partial charge in [0.15, 0.2) is 0 Å². The van der Waals surface area contributed by atoms with Gasteiger partial charge in [0, 0.05) is 12.1 Å². The Morgan fingerprint density at radius 1 is 1.13 bits per heavy atom. The molecule has 6 heteroatoms. The van der Waals surface area contributed by atoms with Crippen molar-refractivity contribution in [1.29, 1.82) is 0 Å². The lowest BCUT2D eigenvalue weighted by atomic mass is 10.2. The molecule has 1 aromatic heterocycles. The Balaban J connectivity index is 1.72. The smallest absolute Gasteiger partial charge is 0.261 e. The Bertz CT molecular complexity index is 921. The van der Waals surface area contributed by atoms with E-state index in [-0.39, 0.29) is 30.4 Å². The summed E-state index contributed by atoms with van der Waals surface area (Å²) in [4.78, 5) is 28.4. The number of carbonyl (C=O) groups is 1. The molecule has 0 spiro atoms. The van der Waals surface area contributed by atoms with Crippen LogP contribution in [0.2, 0.25) is 0 Å². The van der Waals surface area contributed by atoms with Crippen molar-refractivity contribution in [3.05, 3.63) is 76.6 Å². The molecule has 0 aliphatic heterocycles. The molecule has 0 saturated heterocycles. The number of hydrogen-bond acceptors (Lipinski definition) is 3. The van der Waals surface area contributed by atoms with Crippen LogP contribution < -0.4 is 10.9 Å². The number of nitrogens with one attached hydrogen (secondary N) is 1. The molecule has 1 N–H and O–H groups in total. The summed E-state index contributed by atoms with van der Waals surface area (Å²) in [6.45, 7) is -0.0909. The summed E-state index contributed by atoms with van der Waals surface area (Å²) in [5.41, 5.74) is 0.696. The van der Waals surface area contributed by atoms with E-state index >= 15 is 0 Å². The lowest BCUT2D eigenvalue weighted by molar-refractivity contribution is -0.121. The van der Waals surface area contributed by atoms with Crippen LogP contribution in [0.3, 0.4) is 0 Å². The fourth-order valence-corrected chi connectivity index (χ4v) is 2.26. The van der Waals surface area contributed by atoms with Crippen LogP contribution in [0.25, 0.3) is 10.9 Å². The summed E-state index contributed by atoms with van der Waals surface area (Å²) in [5.74, 6) is -0.759. The zero-order chi connectivity index (χ0) is 16.2. The van der Waals surface area contributed by atoms with E-state index in [9.17, 15) is 14.0 Å². The van der Waals surface area contributed by atoms with Crippen LogP contribution in [-0.2, 0) is 17.9 Å². The minimum absolute atomic E-state index is 0.0707. The third-order valence-corrected chi connectivity index (χ3v) is 3.48. The summed E-state index contributed by atoms with van der Waals surface area (Å²) < 4.78 is 14.7. The van der Waals surface area contributed by atoms with Crippen LogP contribution in [0.4, 0.5) is 4.39 Å². The average Bonchev–Trinajstić information content (AvgIpc) is 2.57. The SMILES string of the molecule is O=C(Cn1cnc2ccccc2c1=O)NCc1ccccc1F. The van der Waals surface area contributed by atoms with E-state index in [1.807, 2.05) is 0 Å². The minimum atomic E-state index is -0.382. The van der Waals surface area contributed by atoms with E-state index in [2.05, 4.69) is 10.3 Å². The van der Waals surface area contributed by atoms with Crippen molar-refractivity contribution < 1.29 is 9.18 Å². The standard InChI is InChI=1S/C17H14FN3O2/c18-14-7-3-1-5-12(14)9-19-16(22)10-21-11-20-15-8-4-2-6-13(15)17(21)23/h1-8,11H,9-10H2,(H,19,22). The highest BCUT2D eigenvalue weighted by molar-refractivity contribution is 5.78. The largest absolute Gasteiger partial charge is 0.350 e. The zero-order valence-corrected chi connectivity index (χ0v) is 12.2. The molecule has 0 unspecified atom stereocenters. The second kappa shape index (κ2) is 6.39. The minimum Gasteiger partial charge on any atom is -0.350 e. The third kappa shape index (κ3) is 3.26. The highest BCUT2D eigenvalue weighted by Gasteiger charge is 2.08. The van der Waals surface area contributed by atoms with E-state index in [1.54, 1.807) is 42.5 Å². The van der Waals surface area contributed by atoms with Crippen molar-refractivity contribution in [1.82, 2.24) is 14.9 Å². The van der Waals surface area contributed by atoms with Gasteiger partial charge in [-0.1, -0.05) is 30.3 Å². The normalized spacial score (nSPS) is 10.7. The van der Waals surface area contributed by atoms with Gasteiger partial charge in [-0.25, -0.2) is 9.37 Å². The number of halogens is 1. The van der Waals surface area contributed by atoms with Crippen molar-refractivity contribution >= 4 is 16.8 Å². The molecule has 0 fully saturated rings. The lowest BCUT2D eigenvalue weighted by Crippen LogP contribution is -2.32. The summed E-state index contributed by atoms with van der Waals surface area (Å²) in [7, 11) is 0. The van der Waals surface area contributed by atoms with Gasteiger partial charge in [-0.05, 0) is 18.2 Å². The molecular formula is C17H14FN3O2. The molecule has 116 valence electrons. The van der Waals surface area contributed by atoms with E-state index < -0.39 is 0 Å². The first-order valence-corrected chi connectivity index (χ1v) is 7.09. The first kappa shape index (κ1) is 14.9. The monoisotopic (exact) mass is 311 g/mol. The highest BCUT2D eigenvalue weighted by atomic mass is 19.1. The van der Waals surface area contributed by atoms with E-state index in [1.165, 1.54) is 17.0 Å². The molecular weight excluding hydrogens is 297 g/mol. The molecule has 2 aromatic carbocycles. The van der Waals surface area contributed by atoms with Crippen molar-refractivity contribution in [3.8, 4) is 0 Å². The maximum Gasteiger partial charge on any atom is 0.261 e. The maximum atomic E-state index is 13.5. The quantitative estimate of drug-likeness (QED) is 0.800. The molecule has 0 bridgehead atoms. The molecule has 5 nitrogen and oxygen atoms in total. The second-order valence-corrected chi connectivity index (χ2v) is 5.06. The maximum absolute atomic E-state index is 13.5. The molecule has 0 radical (unpaired) electrons. The molecule has 3 rings (SSSR count). The van der Waals surface area contributed by atoms with Gasteiger partial charge >= 0.3 is 0 Å². The molecule has 0 saturated carbocycles. The Morgan fingerprint density at radius 3 is 2.70 bits per heavy atom. The lowest BCUT2D eigenvalue weighted by Gasteiger charge is -2.08. The molecule has 3 aromatic rings. The molecule has 23 heavy (non-hydrogen) atoms. The Kier molecular flexibility index (Phi) is 4.14. The van der Waals surface area contributed by atoms with Gasteiger partial charge in [0.05, 0.1) is 17.2 Å². The summed E-state index contributed by atoms with van der Waals surface area (Å²) >= 11 is 0. The van der Waals surface area contributed by atoms with E-state index in [0.717, 1.165) is 0 Å². The van der Waals surface area contributed by atoms with Gasteiger partial charge in [-0.15, -0.1) is 0 Å². The van der Waals surface area contributed by atoms with Gasteiger partial charge in [0.25, 0.3) is 5.56 Å². The second-order valence-electron chi connectivity index (χ2n) is 5.06. The van der Waals surface area contributed by atoms with Crippen molar-refractivity contribution in [2.45, 2.75) is 13.1 Å². The van der Waals surface area contributed by atoms with Gasteiger partial charge in [0.1, 0.15) is 12.4 Å². The topological polar surface area (TPSA) is 64.0 Å². The van der Waals surface area contributed by atoms with Crippen LogP contribution in [0, 0.1) is 5.82 Å². The highest BCUT2D eigenvalue weighted by Crippen LogP contribution is 2.06. The number of hydrogen-bond donors (Lipinski definition) is 1. The number of carbonyl (C=O) groups excluding carboxylic acids is 1. The number of amides is 1. The number of fused-ring (bicyclic) bond motifs is 1. The molecule has 1 heterocycles.